The van der Waals surface area contributed by atoms with E-state index in [1.807, 2.05) is 30.3 Å². The lowest BCUT2D eigenvalue weighted by Crippen LogP contribution is -2.19. The Kier molecular flexibility index (Phi) is 6.33. The lowest BCUT2D eigenvalue weighted by molar-refractivity contribution is 0.199. The first-order chi connectivity index (χ1) is 9.79. The molecule has 5 heteroatoms. The summed E-state index contributed by atoms with van der Waals surface area (Å²) in [6.45, 7) is 2.85. The van der Waals surface area contributed by atoms with Crippen molar-refractivity contribution in [1.82, 2.24) is 5.32 Å². The van der Waals surface area contributed by atoms with E-state index >= 15 is 0 Å². The van der Waals surface area contributed by atoms with Crippen LogP contribution in [0.5, 0.6) is 5.75 Å². The molecule has 0 amide bonds. The van der Waals surface area contributed by atoms with Crippen molar-refractivity contribution in [3.8, 4) is 5.75 Å². The van der Waals surface area contributed by atoms with Crippen LogP contribution in [0.2, 0.25) is 4.34 Å². The van der Waals surface area contributed by atoms with Crippen molar-refractivity contribution in [1.29, 1.82) is 0 Å². The van der Waals surface area contributed by atoms with Crippen LogP contribution in [0.1, 0.15) is 10.4 Å². The van der Waals surface area contributed by atoms with Crippen LogP contribution in [-0.4, -0.2) is 20.3 Å². The smallest absolute Gasteiger partial charge is 0.124 e. The van der Waals surface area contributed by atoms with E-state index in [4.69, 9.17) is 21.1 Å². The molecule has 1 aromatic carbocycles. The summed E-state index contributed by atoms with van der Waals surface area (Å²) in [5.74, 6) is 0.905. The van der Waals surface area contributed by atoms with Crippen molar-refractivity contribution in [2.24, 2.45) is 0 Å². The molecular formula is C15H18ClNO2S. The molecule has 0 atom stereocenters. The zero-order valence-corrected chi connectivity index (χ0v) is 13.0. The highest BCUT2D eigenvalue weighted by Crippen LogP contribution is 2.24. The molecule has 0 spiro atoms. The summed E-state index contributed by atoms with van der Waals surface area (Å²) in [4.78, 5) is 1.12. The van der Waals surface area contributed by atoms with Crippen LogP contribution in [0.4, 0.5) is 0 Å². The van der Waals surface area contributed by atoms with Crippen LogP contribution >= 0.6 is 22.9 Å². The van der Waals surface area contributed by atoms with E-state index in [0.29, 0.717) is 13.2 Å². The summed E-state index contributed by atoms with van der Waals surface area (Å²) in [5.41, 5.74) is 1.14. The number of methoxy groups -OCH3 is 1. The van der Waals surface area contributed by atoms with Crippen LogP contribution in [0.3, 0.4) is 0 Å². The zero-order chi connectivity index (χ0) is 14.2. The number of benzene rings is 1. The second-order valence-corrected chi connectivity index (χ2v) is 6.07. The van der Waals surface area contributed by atoms with Crippen LogP contribution in [0, 0.1) is 0 Å². The third kappa shape index (κ3) is 4.80. The monoisotopic (exact) mass is 311 g/mol. The van der Waals surface area contributed by atoms with Crippen molar-refractivity contribution in [3.05, 3.63) is 51.2 Å². The lowest BCUT2D eigenvalue weighted by Gasteiger charge is -2.11. The molecule has 0 saturated carbocycles. The maximum atomic E-state index is 5.91. The number of nitrogens with one attached hydrogen (secondary N) is 1. The summed E-state index contributed by atoms with van der Waals surface area (Å²) in [5, 5.41) is 3.32. The van der Waals surface area contributed by atoms with Gasteiger partial charge >= 0.3 is 0 Å². The Labute approximate surface area is 128 Å². The van der Waals surface area contributed by atoms with E-state index < -0.39 is 0 Å². The zero-order valence-electron chi connectivity index (χ0n) is 11.4. The molecule has 0 bridgehead atoms. The highest BCUT2D eigenvalue weighted by molar-refractivity contribution is 7.16. The Morgan fingerprint density at radius 1 is 1.20 bits per heavy atom. The minimum Gasteiger partial charge on any atom is -0.488 e. The second kappa shape index (κ2) is 8.27. The van der Waals surface area contributed by atoms with E-state index in [-0.39, 0.29) is 0 Å². The Balaban J connectivity index is 1.90. The highest BCUT2D eigenvalue weighted by atomic mass is 35.5. The molecule has 0 unspecified atom stereocenters. The van der Waals surface area contributed by atoms with Crippen molar-refractivity contribution >= 4 is 22.9 Å². The first-order valence-corrected chi connectivity index (χ1v) is 7.63. The quantitative estimate of drug-likeness (QED) is 0.754. The minimum atomic E-state index is 0.548. The van der Waals surface area contributed by atoms with Gasteiger partial charge in [0, 0.05) is 30.6 Å². The second-order valence-electron chi connectivity index (χ2n) is 4.27. The van der Waals surface area contributed by atoms with Gasteiger partial charge < -0.3 is 14.8 Å². The average molecular weight is 312 g/mol. The number of hydrogen-bond donors (Lipinski definition) is 1. The summed E-state index contributed by atoms with van der Waals surface area (Å²) >= 11 is 7.46. The Hall–Kier alpha value is -1.07. The van der Waals surface area contributed by atoms with Crippen LogP contribution in [0.15, 0.2) is 36.4 Å². The number of hydrogen-bond acceptors (Lipinski definition) is 4. The van der Waals surface area contributed by atoms with E-state index in [1.165, 1.54) is 0 Å². The van der Waals surface area contributed by atoms with Gasteiger partial charge in [-0.1, -0.05) is 29.8 Å². The van der Waals surface area contributed by atoms with Gasteiger partial charge in [0.1, 0.15) is 12.4 Å². The van der Waals surface area contributed by atoms with Crippen LogP contribution in [0.25, 0.3) is 0 Å². The normalized spacial score (nSPS) is 10.7. The molecule has 1 aromatic heterocycles. The number of para-hydroxylation sites is 1. The van der Waals surface area contributed by atoms with Gasteiger partial charge in [-0.15, -0.1) is 11.3 Å². The molecular weight excluding hydrogens is 294 g/mol. The number of thiophene rings is 1. The predicted molar refractivity (Wildman–Crippen MR) is 83.7 cm³/mol. The number of rotatable bonds is 8. The molecule has 0 aliphatic carbocycles. The van der Waals surface area contributed by atoms with E-state index in [1.54, 1.807) is 18.4 Å². The van der Waals surface area contributed by atoms with Gasteiger partial charge in [-0.25, -0.2) is 0 Å². The topological polar surface area (TPSA) is 30.5 Å². The molecule has 0 aliphatic rings. The first-order valence-electron chi connectivity index (χ1n) is 6.44. The molecule has 0 aliphatic heterocycles. The fourth-order valence-electron chi connectivity index (χ4n) is 1.77. The van der Waals surface area contributed by atoms with Crippen molar-refractivity contribution in [3.63, 3.8) is 0 Å². The predicted octanol–water partition coefficient (Wildman–Crippen LogP) is 3.72. The van der Waals surface area contributed by atoms with Crippen molar-refractivity contribution in [2.45, 2.75) is 13.2 Å². The Bertz CT molecular complexity index is 530. The van der Waals surface area contributed by atoms with E-state index in [0.717, 1.165) is 33.6 Å². The van der Waals surface area contributed by atoms with Crippen LogP contribution in [-0.2, 0) is 17.9 Å². The van der Waals surface area contributed by atoms with Crippen LogP contribution < -0.4 is 10.1 Å². The van der Waals surface area contributed by atoms with Gasteiger partial charge in [0.05, 0.1) is 10.9 Å². The number of halogens is 1. The molecule has 0 fully saturated rings. The van der Waals surface area contributed by atoms with Crippen molar-refractivity contribution < 1.29 is 9.47 Å². The highest BCUT2D eigenvalue weighted by Gasteiger charge is 2.04. The standard InChI is InChI=1S/C15H18ClNO2S/c1-18-9-8-17-10-12-4-2-3-5-14(12)19-11-13-6-7-15(16)20-13/h2-7,17H,8-11H2,1H3. The summed E-state index contributed by atoms with van der Waals surface area (Å²) < 4.78 is 11.7. The number of ether oxygens (including phenoxy) is 2. The van der Waals surface area contributed by atoms with Gasteiger partial charge in [0.2, 0.25) is 0 Å². The molecule has 108 valence electrons. The van der Waals surface area contributed by atoms with Gasteiger partial charge in [-0.3, -0.25) is 0 Å². The third-order valence-electron chi connectivity index (χ3n) is 2.77. The molecule has 2 aromatic rings. The summed E-state index contributed by atoms with van der Waals surface area (Å²) in [6, 6.07) is 11.9. The fraction of sp³-hybridized carbons (Fsp3) is 0.333. The average Bonchev–Trinajstić information content (AvgIpc) is 2.88. The lowest BCUT2D eigenvalue weighted by atomic mass is 10.2. The van der Waals surface area contributed by atoms with Gasteiger partial charge in [-0.2, -0.15) is 0 Å². The largest absolute Gasteiger partial charge is 0.488 e. The summed E-state index contributed by atoms with van der Waals surface area (Å²) in [7, 11) is 1.70. The molecule has 1 heterocycles. The maximum Gasteiger partial charge on any atom is 0.124 e. The minimum absolute atomic E-state index is 0.548. The van der Waals surface area contributed by atoms with Gasteiger partial charge in [0.25, 0.3) is 0 Å². The summed E-state index contributed by atoms with van der Waals surface area (Å²) in [6.07, 6.45) is 0. The molecule has 3 nitrogen and oxygen atoms in total. The molecule has 20 heavy (non-hydrogen) atoms. The van der Waals surface area contributed by atoms with Gasteiger partial charge in [0.15, 0.2) is 0 Å². The molecule has 0 radical (unpaired) electrons. The van der Waals surface area contributed by atoms with Gasteiger partial charge in [-0.05, 0) is 18.2 Å². The Morgan fingerprint density at radius 2 is 2.05 bits per heavy atom. The van der Waals surface area contributed by atoms with E-state index in [9.17, 15) is 0 Å². The first kappa shape index (κ1) is 15.3. The molecule has 1 N–H and O–H groups in total. The SMILES string of the molecule is COCCNCc1ccccc1OCc1ccc(Cl)s1. The van der Waals surface area contributed by atoms with Crippen molar-refractivity contribution in [2.75, 3.05) is 20.3 Å². The Morgan fingerprint density at radius 3 is 2.80 bits per heavy atom. The maximum absolute atomic E-state index is 5.91. The molecule has 2 rings (SSSR count). The van der Waals surface area contributed by atoms with E-state index in [2.05, 4.69) is 11.4 Å². The molecule has 0 saturated heterocycles. The third-order valence-corrected chi connectivity index (χ3v) is 3.97. The fourth-order valence-corrected chi connectivity index (χ4v) is 2.77.